The fourth-order valence-electron chi connectivity index (χ4n) is 1.73. The Morgan fingerprint density at radius 2 is 2.11 bits per heavy atom. The molecule has 2 rings (SSSR count). The Bertz CT molecular complexity index is 748. The average molecular weight is 253 g/mol. The molecule has 1 aromatic heterocycles. The molecular weight excluding hydrogens is 246 g/mol. The molecule has 0 amide bonds. The largest absolute Gasteiger partial charge is 0.289 e. The van der Waals surface area contributed by atoms with Gasteiger partial charge in [0, 0.05) is 17.3 Å². The number of hydrogen-bond donors (Lipinski definition) is 0. The van der Waals surface area contributed by atoms with Crippen LogP contribution in [0.1, 0.15) is 17.0 Å². The number of rotatable bonds is 2. The molecule has 0 spiro atoms. The molecule has 0 fully saturated rings. The topological polar surface area (TPSA) is 109 Å². The Hall–Kier alpha value is -3.19. The van der Waals surface area contributed by atoms with E-state index in [0.29, 0.717) is 11.3 Å². The second kappa shape index (κ2) is 4.59. The summed E-state index contributed by atoms with van der Waals surface area (Å²) in [6.45, 7) is 1.61. The van der Waals surface area contributed by atoms with Gasteiger partial charge in [0.15, 0.2) is 11.4 Å². The van der Waals surface area contributed by atoms with Crippen LogP contribution in [0.4, 0.5) is 5.69 Å². The monoisotopic (exact) mass is 253 g/mol. The molecule has 0 aliphatic carbocycles. The Morgan fingerprint density at radius 1 is 1.37 bits per heavy atom. The summed E-state index contributed by atoms with van der Waals surface area (Å²) in [5, 5.41) is 28.6. The van der Waals surface area contributed by atoms with Gasteiger partial charge < -0.3 is 0 Å². The van der Waals surface area contributed by atoms with Crippen LogP contribution in [0.5, 0.6) is 0 Å². The summed E-state index contributed by atoms with van der Waals surface area (Å²) in [4.78, 5) is 14.1. The third kappa shape index (κ3) is 2.01. The third-order valence-corrected chi connectivity index (χ3v) is 2.63. The van der Waals surface area contributed by atoms with Gasteiger partial charge in [-0.2, -0.15) is 10.5 Å². The SMILES string of the molecule is Cc1cc(-n2cnc(C#N)c2C#N)ccc1[N+](=O)[O-]. The number of nitro groups is 1. The van der Waals surface area contributed by atoms with Gasteiger partial charge in [0.25, 0.3) is 5.69 Å². The zero-order valence-corrected chi connectivity index (χ0v) is 9.86. The van der Waals surface area contributed by atoms with Crippen LogP contribution in [-0.2, 0) is 0 Å². The standard InChI is InChI=1S/C12H7N5O2/c1-8-4-9(2-3-11(8)17(18)19)16-7-15-10(5-13)12(16)6-14/h2-4,7H,1H3. The molecule has 1 heterocycles. The zero-order valence-electron chi connectivity index (χ0n) is 9.86. The molecule has 19 heavy (non-hydrogen) atoms. The van der Waals surface area contributed by atoms with Crippen LogP contribution in [-0.4, -0.2) is 14.5 Å². The minimum Gasteiger partial charge on any atom is -0.289 e. The van der Waals surface area contributed by atoms with Crippen molar-refractivity contribution in [2.45, 2.75) is 6.92 Å². The lowest BCUT2D eigenvalue weighted by Gasteiger charge is -2.05. The number of nitrogens with zero attached hydrogens (tertiary/aromatic N) is 5. The summed E-state index contributed by atoms with van der Waals surface area (Å²) in [5.41, 5.74) is 1.16. The summed E-state index contributed by atoms with van der Waals surface area (Å²) in [7, 11) is 0. The normalized spacial score (nSPS) is 9.63. The first-order chi connectivity index (χ1) is 9.08. The Labute approximate surface area is 108 Å². The maximum absolute atomic E-state index is 10.7. The maximum Gasteiger partial charge on any atom is 0.272 e. The van der Waals surface area contributed by atoms with Gasteiger partial charge >= 0.3 is 0 Å². The van der Waals surface area contributed by atoms with Crippen molar-refractivity contribution in [3.05, 3.63) is 51.6 Å². The number of aromatic nitrogens is 2. The van der Waals surface area contributed by atoms with E-state index in [1.165, 1.54) is 23.0 Å². The van der Waals surface area contributed by atoms with Gasteiger partial charge in [-0.25, -0.2) is 4.98 Å². The molecule has 0 aliphatic heterocycles. The van der Waals surface area contributed by atoms with Crippen molar-refractivity contribution in [3.8, 4) is 17.8 Å². The van der Waals surface area contributed by atoms with Gasteiger partial charge in [-0.3, -0.25) is 14.7 Å². The number of benzene rings is 1. The van der Waals surface area contributed by atoms with Crippen molar-refractivity contribution in [3.63, 3.8) is 0 Å². The molecule has 0 aliphatic rings. The van der Waals surface area contributed by atoms with Crippen LogP contribution < -0.4 is 0 Å². The first kappa shape index (κ1) is 12.3. The number of hydrogen-bond acceptors (Lipinski definition) is 5. The minimum atomic E-state index is -0.473. The second-order valence-corrected chi connectivity index (χ2v) is 3.76. The second-order valence-electron chi connectivity index (χ2n) is 3.76. The summed E-state index contributed by atoms with van der Waals surface area (Å²) < 4.78 is 1.43. The number of nitriles is 2. The molecule has 7 nitrogen and oxygen atoms in total. The lowest BCUT2D eigenvalue weighted by atomic mass is 10.2. The van der Waals surface area contributed by atoms with E-state index >= 15 is 0 Å². The molecule has 0 bridgehead atoms. The summed E-state index contributed by atoms with van der Waals surface area (Å²) in [5.74, 6) is 0. The fourth-order valence-corrected chi connectivity index (χ4v) is 1.73. The van der Waals surface area contributed by atoms with E-state index in [0.717, 1.165) is 0 Å². The van der Waals surface area contributed by atoms with Crippen LogP contribution >= 0.6 is 0 Å². The molecule has 7 heteroatoms. The first-order valence-electron chi connectivity index (χ1n) is 5.21. The van der Waals surface area contributed by atoms with Crippen LogP contribution in [0, 0.1) is 39.7 Å². The highest BCUT2D eigenvalue weighted by atomic mass is 16.6. The highest BCUT2D eigenvalue weighted by molar-refractivity contribution is 5.50. The van der Waals surface area contributed by atoms with Crippen LogP contribution in [0.2, 0.25) is 0 Å². The van der Waals surface area contributed by atoms with Crippen molar-refractivity contribution in [1.29, 1.82) is 10.5 Å². The lowest BCUT2D eigenvalue weighted by molar-refractivity contribution is -0.385. The van der Waals surface area contributed by atoms with Gasteiger partial charge in [0.2, 0.25) is 0 Å². The lowest BCUT2D eigenvalue weighted by Crippen LogP contribution is -1.99. The van der Waals surface area contributed by atoms with E-state index in [1.807, 2.05) is 12.1 Å². The van der Waals surface area contributed by atoms with Crippen molar-refractivity contribution < 1.29 is 4.92 Å². The number of aryl methyl sites for hydroxylation is 1. The van der Waals surface area contributed by atoms with E-state index in [-0.39, 0.29) is 17.1 Å². The van der Waals surface area contributed by atoms with Gasteiger partial charge in [-0.05, 0) is 19.1 Å². The van der Waals surface area contributed by atoms with Gasteiger partial charge in [0.05, 0.1) is 4.92 Å². The van der Waals surface area contributed by atoms with Crippen molar-refractivity contribution in [1.82, 2.24) is 9.55 Å². The van der Waals surface area contributed by atoms with E-state index < -0.39 is 4.92 Å². The number of imidazole rings is 1. The van der Waals surface area contributed by atoms with E-state index in [2.05, 4.69) is 4.98 Å². The minimum absolute atomic E-state index is 0.00267. The molecule has 2 aromatic rings. The molecule has 0 saturated carbocycles. The van der Waals surface area contributed by atoms with Crippen molar-refractivity contribution in [2.24, 2.45) is 0 Å². The molecule has 0 N–H and O–H groups in total. The number of nitro benzene ring substituents is 1. The molecule has 0 unspecified atom stereocenters. The van der Waals surface area contributed by atoms with Gasteiger partial charge in [-0.15, -0.1) is 0 Å². The van der Waals surface area contributed by atoms with E-state index in [9.17, 15) is 10.1 Å². The van der Waals surface area contributed by atoms with Gasteiger partial charge in [0.1, 0.15) is 18.5 Å². The Balaban J connectivity index is 2.59. The van der Waals surface area contributed by atoms with Gasteiger partial charge in [-0.1, -0.05) is 0 Å². The molecule has 92 valence electrons. The average Bonchev–Trinajstić information content (AvgIpc) is 2.80. The molecule has 1 aromatic carbocycles. The van der Waals surface area contributed by atoms with Crippen LogP contribution in [0.25, 0.3) is 5.69 Å². The first-order valence-corrected chi connectivity index (χ1v) is 5.21. The molecule has 0 saturated heterocycles. The Kier molecular flexibility index (Phi) is 2.96. The van der Waals surface area contributed by atoms with Crippen LogP contribution in [0.15, 0.2) is 24.5 Å². The highest BCUT2D eigenvalue weighted by Crippen LogP contribution is 2.22. The fraction of sp³-hybridized carbons (Fsp3) is 0.0833. The van der Waals surface area contributed by atoms with E-state index in [1.54, 1.807) is 13.0 Å². The van der Waals surface area contributed by atoms with Crippen molar-refractivity contribution >= 4 is 5.69 Å². The molecular formula is C12H7N5O2. The predicted octanol–water partition coefficient (Wildman–Crippen LogP) is 1.83. The summed E-state index contributed by atoms with van der Waals surface area (Å²) >= 11 is 0. The maximum atomic E-state index is 10.7. The highest BCUT2D eigenvalue weighted by Gasteiger charge is 2.15. The third-order valence-electron chi connectivity index (χ3n) is 2.63. The van der Waals surface area contributed by atoms with Crippen molar-refractivity contribution in [2.75, 3.05) is 0 Å². The summed E-state index contributed by atoms with van der Waals surface area (Å²) in [6.07, 6.45) is 1.34. The predicted molar refractivity (Wildman–Crippen MR) is 64.4 cm³/mol. The van der Waals surface area contributed by atoms with Crippen LogP contribution in [0.3, 0.4) is 0 Å². The quantitative estimate of drug-likeness (QED) is 0.599. The summed E-state index contributed by atoms with van der Waals surface area (Å²) in [6, 6.07) is 8.15. The molecule has 0 atom stereocenters. The molecule has 0 radical (unpaired) electrons. The van der Waals surface area contributed by atoms with E-state index in [4.69, 9.17) is 10.5 Å². The zero-order chi connectivity index (χ0) is 14.0. The Morgan fingerprint density at radius 3 is 2.63 bits per heavy atom. The smallest absolute Gasteiger partial charge is 0.272 e.